The Morgan fingerprint density at radius 2 is 1.53 bits per heavy atom. The highest BCUT2D eigenvalue weighted by atomic mass is 16.2. The quantitative estimate of drug-likeness (QED) is 0.770. The van der Waals surface area contributed by atoms with Crippen molar-refractivity contribution in [3.63, 3.8) is 0 Å². The summed E-state index contributed by atoms with van der Waals surface area (Å²) in [5, 5.41) is 5.85. The van der Waals surface area contributed by atoms with E-state index in [4.69, 9.17) is 0 Å². The Balaban J connectivity index is 1.57. The standard InChI is InChI=1S/C23H28N4O3/c1-26(2)22(29)17-8-6-10-19(14-17)24-16-21(28)25-20-11-7-9-18(15-20)23(30)27-12-4-3-5-13-27/h6-11,14-15,24H,3-5,12-13,16H2,1-2H3,(H,25,28). The summed E-state index contributed by atoms with van der Waals surface area (Å²) in [5.74, 6) is -0.327. The van der Waals surface area contributed by atoms with E-state index < -0.39 is 0 Å². The highest BCUT2D eigenvalue weighted by Crippen LogP contribution is 2.17. The van der Waals surface area contributed by atoms with Gasteiger partial charge in [-0.1, -0.05) is 12.1 Å². The van der Waals surface area contributed by atoms with E-state index in [2.05, 4.69) is 10.6 Å². The molecular formula is C23H28N4O3. The van der Waals surface area contributed by atoms with Crippen LogP contribution in [0.1, 0.15) is 40.0 Å². The smallest absolute Gasteiger partial charge is 0.253 e. The molecule has 0 unspecified atom stereocenters. The Bertz CT molecular complexity index is 920. The molecule has 7 nitrogen and oxygen atoms in total. The van der Waals surface area contributed by atoms with Crippen molar-refractivity contribution in [2.24, 2.45) is 0 Å². The number of benzene rings is 2. The molecule has 0 aliphatic carbocycles. The van der Waals surface area contributed by atoms with Gasteiger partial charge in [-0.15, -0.1) is 0 Å². The lowest BCUT2D eigenvalue weighted by Crippen LogP contribution is -2.35. The third-order valence-corrected chi connectivity index (χ3v) is 5.01. The van der Waals surface area contributed by atoms with Crippen LogP contribution in [-0.2, 0) is 4.79 Å². The van der Waals surface area contributed by atoms with E-state index in [1.54, 1.807) is 62.6 Å². The maximum Gasteiger partial charge on any atom is 0.253 e. The first kappa shape index (κ1) is 21.4. The summed E-state index contributed by atoms with van der Waals surface area (Å²) in [7, 11) is 3.39. The van der Waals surface area contributed by atoms with Crippen LogP contribution in [0.15, 0.2) is 48.5 Å². The molecule has 0 atom stereocenters. The highest BCUT2D eigenvalue weighted by Gasteiger charge is 2.18. The predicted octanol–water partition coefficient (Wildman–Crippen LogP) is 3.07. The molecule has 3 rings (SSSR count). The Kier molecular flexibility index (Phi) is 7.06. The summed E-state index contributed by atoms with van der Waals surface area (Å²) in [4.78, 5) is 40.4. The summed E-state index contributed by atoms with van der Waals surface area (Å²) in [6.07, 6.45) is 3.24. The fraction of sp³-hybridized carbons (Fsp3) is 0.348. The number of carbonyl (C=O) groups excluding carboxylic acids is 3. The van der Waals surface area contributed by atoms with Gasteiger partial charge in [0, 0.05) is 49.7 Å². The zero-order chi connectivity index (χ0) is 21.5. The number of nitrogens with zero attached hydrogens (tertiary/aromatic N) is 2. The summed E-state index contributed by atoms with van der Waals surface area (Å²) in [5.41, 5.74) is 2.40. The molecule has 2 aromatic carbocycles. The maximum absolute atomic E-state index is 12.7. The molecule has 0 bridgehead atoms. The number of anilines is 2. The summed E-state index contributed by atoms with van der Waals surface area (Å²) in [6.45, 7) is 1.62. The molecule has 1 aliphatic rings. The normalized spacial score (nSPS) is 13.5. The molecule has 1 saturated heterocycles. The van der Waals surface area contributed by atoms with Gasteiger partial charge in [0.25, 0.3) is 11.8 Å². The molecule has 0 radical (unpaired) electrons. The van der Waals surface area contributed by atoms with Crippen molar-refractivity contribution in [3.8, 4) is 0 Å². The van der Waals surface area contributed by atoms with Gasteiger partial charge in [0.05, 0.1) is 6.54 Å². The zero-order valence-corrected chi connectivity index (χ0v) is 17.5. The molecule has 0 saturated carbocycles. The number of nitrogens with one attached hydrogen (secondary N) is 2. The predicted molar refractivity (Wildman–Crippen MR) is 118 cm³/mol. The molecule has 30 heavy (non-hydrogen) atoms. The van der Waals surface area contributed by atoms with Gasteiger partial charge in [0.15, 0.2) is 0 Å². The fourth-order valence-electron chi connectivity index (χ4n) is 3.42. The van der Waals surface area contributed by atoms with E-state index in [9.17, 15) is 14.4 Å². The van der Waals surface area contributed by atoms with Crippen LogP contribution in [0.3, 0.4) is 0 Å². The molecule has 2 aromatic rings. The van der Waals surface area contributed by atoms with Crippen LogP contribution < -0.4 is 10.6 Å². The average Bonchev–Trinajstić information content (AvgIpc) is 2.77. The van der Waals surface area contributed by atoms with Gasteiger partial charge in [-0.2, -0.15) is 0 Å². The van der Waals surface area contributed by atoms with Crippen molar-refractivity contribution in [2.45, 2.75) is 19.3 Å². The Labute approximate surface area is 177 Å². The number of carbonyl (C=O) groups is 3. The van der Waals surface area contributed by atoms with E-state index in [1.165, 1.54) is 11.3 Å². The van der Waals surface area contributed by atoms with Crippen molar-refractivity contribution >= 4 is 29.1 Å². The molecule has 1 heterocycles. The van der Waals surface area contributed by atoms with Crippen molar-refractivity contribution in [1.82, 2.24) is 9.80 Å². The largest absolute Gasteiger partial charge is 0.376 e. The van der Waals surface area contributed by atoms with Gasteiger partial charge in [0.1, 0.15) is 0 Å². The number of amides is 3. The van der Waals surface area contributed by atoms with Crippen LogP contribution in [0.5, 0.6) is 0 Å². The first-order valence-corrected chi connectivity index (χ1v) is 10.2. The molecule has 3 amide bonds. The zero-order valence-electron chi connectivity index (χ0n) is 17.5. The number of likely N-dealkylation sites (tertiary alicyclic amines) is 1. The Morgan fingerprint density at radius 3 is 2.23 bits per heavy atom. The third kappa shape index (κ3) is 5.59. The molecule has 158 valence electrons. The first-order chi connectivity index (χ1) is 14.4. The van der Waals surface area contributed by atoms with Crippen molar-refractivity contribution in [3.05, 3.63) is 59.7 Å². The average molecular weight is 409 g/mol. The molecule has 2 N–H and O–H groups in total. The molecule has 7 heteroatoms. The van der Waals surface area contributed by atoms with E-state index >= 15 is 0 Å². The number of hydrogen-bond acceptors (Lipinski definition) is 4. The van der Waals surface area contributed by atoms with Gasteiger partial charge < -0.3 is 20.4 Å². The fourth-order valence-corrected chi connectivity index (χ4v) is 3.42. The number of rotatable bonds is 6. The summed E-state index contributed by atoms with van der Waals surface area (Å²) < 4.78 is 0. The van der Waals surface area contributed by atoms with Crippen LogP contribution >= 0.6 is 0 Å². The van der Waals surface area contributed by atoms with E-state index in [-0.39, 0.29) is 24.3 Å². The van der Waals surface area contributed by atoms with Gasteiger partial charge in [0.2, 0.25) is 5.91 Å². The lowest BCUT2D eigenvalue weighted by Gasteiger charge is -2.26. The number of hydrogen-bond donors (Lipinski definition) is 2. The minimum absolute atomic E-state index is 0.00583. The van der Waals surface area contributed by atoms with Crippen LogP contribution in [0.4, 0.5) is 11.4 Å². The van der Waals surface area contributed by atoms with Crippen molar-refractivity contribution in [1.29, 1.82) is 0 Å². The third-order valence-electron chi connectivity index (χ3n) is 5.01. The Morgan fingerprint density at radius 1 is 0.900 bits per heavy atom. The minimum Gasteiger partial charge on any atom is -0.376 e. The van der Waals surface area contributed by atoms with Crippen LogP contribution in [-0.4, -0.2) is 61.3 Å². The summed E-state index contributed by atoms with van der Waals surface area (Å²) in [6, 6.07) is 14.1. The summed E-state index contributed by atoms with van der Waals surface area (Å²) >= 11 is 0. The lowest BCUT2D eigenvalue weighted by molar-refractivity contribution is -0.114. The van der Waals surface area contributed by atoms with E-state index in [1.807, 2.05) is 4.90 Å². The topological polar surface area (TPSA) is 81.8 Å². The molecule has 0 aromatic heterocycles. The van der Waals surface area contributed by atoms with Crippen LogP contribution in [0.2, 0.25) is 0 Å². The number of piperidine rings is 1. The van der Waals surface area contributed by atoms with Crippen LogP contribution in [0, 0.1) is 0 Å². The van der Waals surface area contributed by atoms with Gasteiger partial charge in [-0.3, -0.25) is 14.4 Å². The molecule has 0 spiro atoms. The SMILES string of the molecule is CN(C)C(=O)c1cccc(NCC(=O)Nc2cccc(C(=O)N3CCCCC3)c2)c1. The minimum atomic E-state index is -0.234. The molecule has 1 aliphatic heterocycles. The maximum atomic E-state index is 12.7. The Hall–Kier alpha value is -3.35. The first-order valence-electron chi connectivity index (χ1n) is 10.2. The van der Waals surface area contributed by atoms with Crippen molar-refractivity contribution < 1.29 is 14.4 Å². The molecular weight excluding hydrogens is 380 g/mol. The molecule has 1 fully saturated rings. The van der Waals surface area contributed by atoms with E-state index in [0.29, 0.717) is 22.5 Å². The van der Waals surface area contributed by atoms with Gasteiger partial charge >= 0.3 is 0 Å². The second-order valence-corrected chi connectivity index (χ2v) is 7.62. The highest BCUT2D eigenvalue weighted by molar-refractivity contribution is 5.98. The van der Waals surface area contributed by atoms with Gasteiger partial charge in [-0.05, 0) is 55.7 Å². The second kappa shape index (κ2) is 9.91. The monoisotopic (exact) mass is 408 g/mol. The van der Waals surface area contributed by atoms with Crippen LogP contribution in [0.25, 0.3) is 0 Å². The lowest BCUT2D eigenvalue weighted by atomic mass is 10.1. The van der Waals surface area contributed by atoms with Gasteiger partial charge in [-0.25, -0.2) is 0 Å². The van der Waals surface area contributed by atoms with E-state index in [0.717, 1.165) is 25.9 Å². The van der Waals surface area contributed by atoms with Crippen molar-refractivity contribution in [2.75, 3.05) is 44.4 Å². The second-order valence-electron chi connectivity index (χ2n) is 7.62.